The van der Waals surface area contributed by atoms with Crippen molar-refractivity contribution in [2.45, 2.75) is 24.4 Å². The van der Waals surface area contributed by atoms with Gasteiger partial charge in [-0.05, 0) is 30.9 Å². The molecule has 0 amide bonds. The molecule has 1 saturated carbocycles. The van der Waals surface area contributed by atoms with Gasteiger partial charge in [0.15, 0.2) is 5.16 Å². The van der Waals surface area contributed by atoms with E-state index in [0.717, 1.165) is 35.9 Å². The van der Waals surface area contributed by atoms with Crippen LogP contribution in [0, 0.1) is 11.8 Å². The summed E-state index contributed by atoms with van der Waals surface area (Å²) in [5, 5.41) is 1.32. The molecule has 1 aromatic rings. The molecule has 17 heavy (non-hydrogen) atoms. The molecule has 5 heteroatoms. The van der Waals surface area contributed by atoms with Crippen LogP contribution in [0.15, 0.2) is 11.2 Å². The summed E-state index contributed by atoms with van der Waals surface area (Å²) < 4.78 is 0. The van der Waals surface area contributed by atoms with Crippen molar-refractivity contribution in [2.75, 3.05) is 24.2 Å². The maximum absolute atomic E-state index is 6.04. The lowest BCUT2D eigenvalue weighted by atomic mass is 10.0. The molecule has 2 heterocycles. The molecule has 1 saturated heterocycles. The first-order chi connectivity index (χ1) is 8.26. The van der Waals surface area contributed by atoms with Gasteiger partial charge >= 0.3 is 0 Å². The van der Waals surface area contributed by atoms with Gasteiger partial charge in [-0.25, -0.2) is 9.97 Å². The van der Waals surface area contributed by atoms with Crippen molar-refractivity contribution >= 4 is 29.2 Å². The van der Waals surface area contributed by atoms with E-state index >= 15 is 0 Å². The van der Waals surface area contributed by atoms with E-state index in [0.29, 0.717) is 5.15 Å². The van der Waals surface area contributed by atoms with E-state index in [1.165, 1.54) is 19.3 Å². The fourth-order valence-electron chi connectivity index (χ4n) is 3.06. The zero-order valence-corrected chi connectivity index (χ0v) is 11.5. The zero-order chi connectivity index (χ0) is 11.8. The third kappa shape index (κ3) is 2.25. The van der Waals surface area contributed by atoms with Crippen LogP contribution in [0.1, 0.15) is 19.3 Å². The highest BCUT2D eigenvalue weighted by Crippen LogP contribution is 2.39. The second-order valence-electron chi connectivity index (χ2n) is 4.89. The second kappa shape index (κ2) is 4.65. The summed E-state index contributed by atoms with van der Waals surface area (Å²) in [5.41, 5.74) is 0. The Morgan fingerprint density at radius 1 is 1.29 bits per heavy atom. The van der Waals surface area contributed by atoms with Crippen molar-refractivity contribution in [3.05, 3.63) is 11.2 Å². The van der Waals surface area contributed by atoms with Crippen molar-refractivity contribution in [2.24, 2.45) is 11.8 Å². The van der Waals surface area contributed by atoms with Gasteiger partial charge in [-0.1, -0.05) is 29.8 Å². The molecule has 3 rings (SSSR count). The van der Waals surface area contributed by atoms with Gasteiger partial charge in [-0.2, -0.15) is 0 Å². The van der Waals surface area contributed by atoms with Gasteiger partial charge in [0.05, 0.1) is 0 Å². The molecular weight excluding hydrogens is 254 g/mol. The van der Waals surface area contributed by atoms with Gasteiger partial charge in [0.25, 0.3) is 0 Å². The second-order valence-corrected chi connectivity index (χ2v) is 6.05. The zero-order valence-electron chi connectivity index (χ0n) is 9.90. The summed E-state index contributed by atoms with van der Waals surface area (Å²) >= 11 is 7.58. The van der Waals surface area contributed by atoms with Gasteiger partial charge in [-0.3, -0.25) is 0 Å². The van der Waals surface area contributed by atoms with Crippen LogP contribution in [0.4, 0.5) is 5.82 Å². The van der Waals surface area contributed by atoms with E-state index in [9.17, 15) is 0 Å². The molecule has 1 aromatic heterocycles. The summed E-state index contributed by atoms with van der Waals surface area (Å²) in [5.74, 6) is 2.76. The average molecular weight is 270 g/mol. The van der Waals surface area contributed by atoms with E-state index in [1.54, 1.807) is 11.8 Å². The minimum absolute atomic E-state index is 0.552. The fraction of sp³-hybridized carbons (Fsp3) is 0.667. The number of hydrogen-bond acceptors (Lipinski definition) is 4. The monoisotopic (exact) mass is 269 g/mol. The van der Waals surface area contributed by atoms with Crippen molar-refractivity contribution in [3.63, 3.8) is 0 Å². The number of hydrogen-bond donors (Lipinski definition) is 0. The number of thioether (sulfide) groups is 1. The predicted octanol–water partition coefficient (Wildman–Crippen LogP) is 3.09. The molecule has 0 bridgehead atoms. The Morgan fingerprint density at radius 2 is 2.00 bits per heavy atom. The maximum atomic E-state index is 6.04. The summed E-state index contributed by atoms with van der Waals surface area (Å²) in [6, 6.07) is 1.89. The Hall–Kier alpha value is -0.480. The van der Waals surface area contributed by atoms with E-state index in [1.807, 2.05) is 12.3 Å². The number of anilines is 1. The van der Waals surface area contributed by atoms with E-state index in [-0.39, 0.29) is 0 Å². The number of nitrogens with zero attached hydrogens (tertiary/aromatic N) is 3. The summed E-state index contributed by atoms with van der Waals surface area (Å²) in [6.45, 7) is 2.29. The van der Waals surface area contributed by atoms with Crippen molar-refractivity contribution in [3.8, 4) is 0 Å². The van der Waals surface area contributed by atoms with Crippen LogP contribution in [-0.4, -0.2) is 29.3 Å². The molecule has 2 unspecified atom stereocenters. The SMILES string of the molecule is CSc1nc(Cl)cc(N2CC3CCCC3C2)n1. The van der Waals surface area contributed by atoms with Crippen LogP contribution in [0.3, 0.4) is 0 Å². The highest BCUT2D eigenvalue weighted by Gasteiger charge is 2.36. The van der Waals surface area contributed by atoms with E-state index < -0.39 is 0 Å². The third-order valence-electron chi connectivity index (χ3n) is 3.89. The topological polar surface area (TPSA) is 29.0 Å². The van der Waals surface area contributed by atoms with Crippen molar-refractivity contribution in [1.29, 1.82) is 0 Å². The minimum atomic E-state index is 0.552. The molecule has 2 atom stereocenters. The van der Waals surface area contributed by atoms with Crippen LogP contribution in [0.2, 0.25) is 5.15 Å². The molecule has 2 fully saturated rings. The third-order valence-corrected chi connectivity index (χ3v) is 4.64. The van der Waals surface area contributed by atoms with Gasteiger partial charge in [0.2, 0.25) is 0 Å². The van der Waals surface area contributed by atoms with Gasteiger partial charge in [-0.15, -0.1) is 0 Å². The highest BCUT2D eigenvalue weighted by atomic mass is 35.5. The molecule has 1 aliphatic carbocycles. The molecule has 1 aliphatic heterocycles. The average Bonchev–Trinajstić information content (AvgIpc) is 2.88. The smallest absolute Gasteiger partial charge is 0.190 e. The Labute approximate surface area is 111 Å². The van der Waals surface area contributed by atoms with Crippen LogP contribution in [-0.2, 0) is 0 Å². The fourth-order valence-corrected chi connectivity index (χ4v) is 3.66. The minimum Gasteiger partial charge on any atom is -0.356 e. The lowest BCUT2D eigenvalue weighted by Gasteiger charge is -2.18. The number of rotatable bonds is 2. The molecule has 3 nitrogen and oxygen atoms in total. The number of halogens is 1. The Morgan fingerprint density at radius 3 is 2.65 bits per heavy atom. The summed E-state index contributed by atoms with van der Waals surface area (Å²) in [7, 11) is 0. The van der Waals surface area contributed by atoms with Gasteiger partial charge < -0.3 is 4.90 Å². The Balaban J connectivity index is 1.82. The molecule has 0 spiro atoms. The van der Waals surface area contributed by atoms with Gasteiger partial charge in [0, 0.05) is 19.2 Å². The van der Waals surface area contributed by atoms with Crippen LogP contribution >= 0.6 is 23.4 Å². The summed E-state index contributed by atoms with van der Waals surface area (Å²) in [6.07, 6.45) is 6.16. The molecule has 0 radical (unpaired) electrons. The maximum Gasteiger partial charge on any atom is 0.190 e. The van der Waals surface area contributed by atoms with E-state index in [4.69, 9.17) is 11.6 Å². The predicted molar refractivity (Wildman–Crippen MR) is 71.9 cm³/mol. The highest BCUT2D eigenvalue weighted by molar-refractivity contribution is 7.98. The number of aromatic nitrogens is 2. The quantitative estimate of drug-likeness (QED) is 0.469. The molecule has 2 aliphatic rings. The largest absolute Gasteiger partial charge is 0.356 e. The van der Waals surface area contributed by atoms with Crippen molar-refractivity contribution < 1.29 is 0 Å². The standard InChI is InChI=1S/C12H16ClN3S/c1-17-12-14-10(13)5-11(15-12)16-6-8-3-2-4-9(8)7-16/h5,8-9H,2-4,6-7H2,1H3. The van der Waals surface area contributed by atoms with Crippen LogP contribution in [0.25, 0.3) is 0 Å². The molecule has 0 N–H and O–H groups in total. The lowest BCUT2D eigenvalue weighted by Crippen LogP contribution is -2.22. The summed E-state index contributed by atoms with van der Waals surface area (Å²) in [4.78, 5) is 11.1. The van der Waals surface area contributed by atoms with Crippen molar-refractivity contribution in [1.82, 2.24) is 9.97 Å². The first kappa shape index (κ1) is 11.6. The molecule has 92 valence electrons. The van der Waals surface area contributed by atoms with Crippen LogP contribution in [0.5, 0.6) is 0 Å². The molecule has 0 aromatic carbocycles. The van der Waals surface area contributed by atoms with Crippen LogP contribution < -0.4 is 4.90 Å². The Bertz CT molecular complexity index is 414. The normalized spacial score (nSPS) is 27.5. The Kier molecular flexibility index (Phi) is 3.17. The number of fused-ring (bicyclic) bond motifs is 1. The lowest BCUT2D eigenvalue weighted by molar-refractivity contribution is 0.494. The van der Waals surface area contributed by atoms with Gasteiger partial charge in [0.1, 0.15) is 11.0 Å². The first-order valence-electron chi connectivity index (χ1n) is 6.10. The molecular formula is C12H16ClN3S. The first-order valence-corrected chi connectivity index (χ1v) is 7.70. The van der Waals surface area contributed by atoms with E-state index in [2.05, 4.69) is 14.9 Å².